The van der Waals surface area contributed by atoms with Gasteiger partial charge in [-0.3, -0.25) is 4.79 Å². The standard InChI is InChI=1S/C21H23FN2O2/c1-26-18-8-2-15(3-9-18)19-14-20(19)21(25)24-12-10-23(11-13-24)17-6-4-16(22)5-7-17/h2-9,19-20H,10-14H2,1H3. The van der Waals surface area contributed by atoms with Crippen LogP contribution in [0.4, 0.5) is 10.1 Å². The van der Waals surface area contributed by atoms with E-state index < -0.39 is 0 Å². The second-order valence-corrected chi connectivity index (χ2v) is 7.01. The van der Waals surface area contributed by atoms with Crippen LogP contribution < -0.4 is 9.64 Å². The average molecular weight is 354 g/mol. The highest BCUT2D eigenvalue weighted by Crippen LogP contribution is 2.48. The monoisotopic (exact) mass is 354 g/mol. The number of halogens is 1. The molecule has 0 spiro atoms. The van der Waals surface area contributed by atoms with Crippen LogP contribution >= 0.6 is 0 Å². The van der Waals surface area contributed by atoms with E-state index in [-0.39, 0.29) is 17.6 Å². The highest BCUT2D eigenvalue weighted by Gasteiger charge is 2.46. The maximum atomic E-state index is 13.1. The van der Waals surface area contributed by atoms with Crippen molar-refractivity contribution in [1.82, 2.24) is 4.90 Å². The van der Waals surface area contributed by atoms with E-state index in [2.05, 4.69) is 17.0 Å². The van der Waals surface area contributed by atoms with Gasteiger partial charge in [-0.15, -0.1) is 0 Å². The van der Waals surface area contributed by atoms with Gasteiger partial charge in [0.2, 0.25) is 5.91 Å². The predicted molar refractivity (Wildman–Crippen MR) is 99.0 cm³/mol. The Bertz CT molecular complexity index is 768. The molecule has 2 aliphatic rings. The maximum Gasteiger partial charge on any atom is 0.226 e. The van der Waals surface area contributed by atoms with E-state index in [0.717, 1.165) is 44.0 Å². The molecule has 4 rings (SSSR count). The number of anilines is 1. The Hall–Kier alpha value is -2.56. The topological polar surface area (TPSA) is 32.8 Å². The molecule has 4 nitrogen and oxygen atoms in total. The van der Waals surface area contributed by atoms with Crippen LogP contribution in [-0.4, -0.2) is 44.1 Å². The van der Waals surface area contributed by atoms with Crippen LogP contribution in [0.5, 0.6) is 5.75 Å². The third-order valence-corrected chi connectivity index (χ3v) is 5.43. The SMILES string of the molecule is COc1ccc(C2CC2C(=O)N2CCN(c3ccc(F)cc3)CC2)cc1. The quantitative estimate of drug-likeness (QED) is 0.845. The summed E-state index contributed by atoms with van der Waals surface area (Å²) in [5.74, 6) is 1.34. The lowest BCUT2D eigenvalue weighted by Gasteiger charge is -2.36. The molecule has 2 fully saturated rings. The first-order valence-electron chi connectivity index (χ1n) is 9.09. The Labute approximate surface area is 153 Å². The molecule has 0 aromatic heterocycles. The summed E-state index contributed by atoms with van der Waals surface area (Å²) in [6.45, 7) is 3.03. The van der Waals surface area contributed by atoms with Crippen molar-refractivity contribution >= 4 is 11.6 Å². The number of hydrogen-bond donors (Lipinski definition) is 0. The lowest BCUT2D eigenvalue weighted by Crippen LogP contribution is -2.49. The van der Waals surface area contributed by atoms with E-state index in [0.29, 0.717) is 5.92 Å². The molecule has 1 saturated carbocycles. The lowest BCUT2D eigenvalue weighted by atomic mass is 10.1. The molecule has 1 saturated heterocycles. The summed E-state index contributed by atoms with van der Waals surface area (Å²) >= 11 is 0. The van der Waals surface area contributed by atoms with Gasteiger partial charge < -0.3 is 14.5 Å². The van der Waals surface area contributed by atoms with Crippen molar-refractivity contribution in [1.29, 1.82) is 0 Å². The van der Waals surface area contributed by atoms with Crippen molar-refractivity contribution in [2.75, 3.05) is 38.2 Å². The molecule has 1 heterocycles. The van der Waals surface area contributed by atoms with Gasteiger partial charge in [0.1, 0.15) is 11.6 Å². The van der Waals surface area contributed by atoms with Crippen LogP contribution in [0.25, 0.3) is 0 Å². The minimum Gasteiger partial charge on any atom is -0.497 e. The fraction of sp³-hybridized carbons (Fsp3) is 0.381. The second-order valence-electron chi connectivity index (χ2n) is 7.01. The first-order valence-corrected chi connectivity index (χ1v) is 9.09. The van der Waals surface area contributed by atoms with Crippen LogP contribution in [0, 0.1) is 11.7 Å². The number of methoxy groups -OCH3 is 1. The number of rotatable bonds is 4. The lowest BCUT2D eigenvalue weighted by molar-refractivity contribution is -0.132. The van der Waals surface area contributed by atoms with E-state index in [1.165, 1.54) is 17.7 Å². The molecular formula is C21H23FN2O2. The van der Waals surface area contributed by atoms with Gasteiger partial charge in [0.25, 0.3) is 0 Å². The first kappa shape index (κ1) is 16.9. The molecule has 1 aliphatic carbocycles. The summed E-state index contributed by atoms with van der Waals surface area (Å²) in [5.41, 5.74) is 2.23. The Morgan fingerprint density at radius 1 is 1.00 bits per heavy atom. The van der Waals surface area contributed by atoms with Gasteiger partial charge in [-0.05, 0) is 54.3 Å². The molecule has 2 atom stereocenters. The van der Waals surface area contributed by atoms with Crippen LogP contribution in [0.1, 0.15) is 17.9 Å². The van der Waals surface area contributed by atoms with Gasteiger partial charge in [-0.25, -0.2) is 4.39 Å². The molecule has 2 aromatic carbocycles. The van der Waals surface area contributed by atoms with Gasteiger partial charge in [0.15, 0.2) is 0 Å². The Morgan fingerprint density at radius 3 is 2.27 bits per heavy atom. The fourth-order valence-electron chi connectivity index (χ4n) is 3.76. The summed E-state index contributed by atoms with van der Waals surface area (Å²) in [7, 11) is 1.66. The number of nitrogens with zero attached hydrogens (tertiary/aromatic N) is 2. The third-order valence-electron chi connectivity index (χ3n) is 5.43. The largest absolute Gasteiger partial charge is 0.497 e. The highest BCUT2D eigenvalue weighted by molar-refractivity contribution is 5.83. The Kier molecular flexibility index (Phi) is 4.53. The van der Waals surface area contributed by atoms with E-state index >= 15 is 0 Å². The van der Waals surface area contributed by atoms with Crippen molar-refractivity contribution in [3.63, 3.8) is 0 Å². The molecule has 136 valence electrons. The van der Waals surface area contributed by atoms with Gasteiger partial charge in [0, 0.05) is 37.8 Å². The number of piperazine rings is 1. The molecule has 5 heteroatoms. The van der Waals surface area contributed by atoms with Crippen molar-refractivity contribution in [2.45, 2.75) is 12.3 Å². The normalized spacial score (nSPS) is 22.2. The molecule has 0 radical (unpaired) electrons. The van der Waals surface area contributed by atoms with Gasteiger partial charge in [-0.2, -0.15) is 0 Å². The van der Waals surface area contributed by atoms with Gasteiger partial charge in [-0.1, -0.05) is 12.1 Å². The number of carbonyl (C=O) groups excluding carboxylic acids is 1. The van der Waals surface area contributed by atoms with Crippen LogP contribution in [-0.2, 0) is 4.79 Å². The first-order chi connectivity index (χ1) is 12.7. The number of carbonyl (C=O) groups is 1. The minimum atomic E-state index is -0.221. The zero-order valence-corrected chi connectivity index (χ0v) is 14.9. The Morgan fingerprint density at radius 2 is 1.65 bits per heavy atom. The van der Waals surface area contributed by atoms with Crippen molar-refractivity contribution in [2.24, 2.45) is 5.92 Å². The summed E-state index contributed by atoms with van der Waals surface area (Å²) < 4.78 is 18.2. The molecule has 2 aromatic rings. The summed E-state index contributed by atoms with van der Waals surface area (Å²) in [6, 6.07) is 14.6. The van der Waals surface area contributed by atoms with Crippen molar-refractivity contribution < 1.29 is 13.9 Å². The summed E-state index contributed by atoms with van der Waals surface area (Å²) in [5, 5.41) is 0. The van der Waals surface area contributed by atoms with Gasteiger partial charge >= 0.3 is 0 Å². The number of benzene rings is 2. The van der Waals surface area contributed by atoms with Crippen LogP contribution in [0.3, 0.4) is 0 Å². The maximum absolute atomic E-state index is 13.1. The number of amides is 1. The number of ether oxygens (including phenoxy) is 1. The smallest absolute Gasteiger partial charge is 0.226 e. The average Bonchev–Trinajstić information content (AvgIpc) is 3.49. The summed E-state index contributed by atoms with van der Waals surface area (Å²) in [4.78, 5) is 17.0. The molecule has 0 N–H and O–H groups in total. The zero-order valence-electron chi connectivity index (χ0n) is 14.9. The van der Waals surface area contributed by atoms with E-state index in [4.69, 9.17) is 4.74 Å². The molecule has 0 bridgehead atoms. The predicted octanol–water partition coefficient (Wildman–Crippen LogP) is 3.29. The van der Waals surface area contributed by atoms with Crippen LogP contribution in [0.2, 0.25) is 0 Å². The van der Waals surface area contributed by atoms with E-state index in [1.807, 2.05) is 17.0 Å². The fourth-order valence-corrected chi connectivity index (χ4v) is 3.76. The van der Waals surface area contributed by atoms with Gasteiger partial charge in [0.05, 0.1) is 7.11 Å². The highest BCUT2D eigenvalue weighted by atomic mass is 19.1. The minimum absolute atomic E-state index is 0.112. The molecular weight excluding hydrogens is 331 g/mol. The zero-order chi connectivity index (χ0) is 18.1. The molecule has 26 heavy (non-hydrogen) atoms. The third kappa shape index (κ3) is 3.39. The van der Waals surface area contributed by atoms with Crippen molar-refractivity contribution in [3.05, 3.63) is 59.9 Å². The van der Waals surface area contributed by atoms with Crippen LogP contribution in [0.15, 0.2) is 48.5 Å². The van der Waals surface area contributed by atoms with E-state index in [9.17, 15) is 9.18 Å². The van der Waals surface area contributed by atoms with Crippen molar-refractivity contribution in [3.8, 4) is 5.75 Å². The summed E-state index contributed by atoms with van der Waals surface area (Å²) in [6.07, 6.45) is 0.934. The second kappa shape index (κ2) is 6.98. The Balaban J connectivity index is 1.32. The number of hydrogen-bond acceptors (Lipinski definition) is 3. The molecule has 2 unspecified atom stereocenters. The van der Waals surface area contributed by atoms with E-state index in [1.54, 1.807) is 19.2 Å². The molecule has 1 aliphatic heterocycles. The molecule has 1 amide bonds.